The van der Waals surface area contributed by atoms with Crippen molar-refractivity contribution in [3.8, 4) is 0 Å². The van der Waals surface area contributed by atoms with Crippen LogP contribution in [0, 0.1) is 11.8 Å². The zero-order valence-corrected chi connectivity index (χ0v) is 18.8. The van der Waals surface area contributed by atoms with Crippen LogP contribution in [0.5, 0.6) is 0 Å². The van der Waals surface area contributed by atoms with Gasteiger partial charge in [-0.1, -0.05) is 71.3 Å². The second kappa shape index (κ2) is 12.0. The summed E-state index contributed by atoms with van der Waals surface area (Å²) in [5.41, 5.74) is 2.90. The number of hydrogen-bond acceptors (Lipinski definition) is 1. The van der Waals surface area contributed by atoms with Gasteiger partial charge < -0.3 is 0 Å². The molecule has 0 spiro atoms. The van der Waals surface area contributed by atoms with Crippen LogP contribution in [0.2, 0.25) is 0 Å². The fourth-order valence-corrected chi connectivity index (χ4v) is 5.78. The summed E-state index contributed by atoms with van der Waals surface area (Å²) in [6, 6.07) is 4.81. The highest BCUT2D eigenvalue weighted by Gasteiger charge is 2.25. The lowest BCUT2D eigenvalue weighted by molar-refractivity contribution is 0.299. The monoisotopic (exact) mass is 383 g/mol. The Bertz CT molecular complexity index is 518. The summed E-state index contributed by atoms with van der Waals surface area (Å²) in [6.07, 6.45) is 24.9. The minimum atomic E-state index is 0.728. The zero-order chi connectivity index (χ0) is 19.6. The highest BCUT2D eigenvalue weighted by atomic mass is 14.7. The van der Waals surface area contributed by atoms with Crippen LogP contribution in [-0.2, 0) is 0 Å². The van der Waals surface area contributed by atoms with Gasteiger partial charge in [0.2, 0.25) is 0 Å². The zero-order valence-electron chi connectivity index (χ0n) is 18.8. The molecule has 28 heavy (non-hydrogen) atoms. The Morgan fingerprint density at radius 2 is 1.29 bits per heavy atom. The fraction of sp³-hybridized carbons (Fsp3) is 0.815. The van der Waals surface area contributed by atoms with Crippen LogP contribution in [-0.4, -0.2) is 4.98 Å². The van der Waals surface area contributed by atoms with Gasteiger partial charge in [0.1, 0.15) is 0 Å². The van der Waals surface area contributed by atoms with Gasteiger partial charge >= 0.3 is 0 Å². The van der Waals surface area contributed by atoms with E-state index in [1.54, 1.807) is 0 Å². The second-order valence-electron chi connectivity index (χ2n) is 9.94. The molecule has 0 N–H and O–H groups in total. The smallest absolute Gasteiger partial charge is 0.0434 e. The first-order valence-electron chi connectivity index (χ1n) is 12.8. The lowest BCUT2D eigenvalue weighted by Gasteiger charge is -2.30. The Morgan fingerprint density at radius 1 is 0.679 bits per heavy atom. The number of aromatic nitrogens is 1. The lowest BCUT2D eigenvalue weighted by atomic mass is 9.76. The van der Waals surface area contributed by atoms with E-state index in [-0.39, 0.29) is 0 Å². The molecule has 2 fully saturated rings. The average Bonchev–Trinajstić information content (AvgIpc) is 2.76. The van der Waals surface area contributed by atoms with Crippen molar-refractivity contribution in [1.29, 1.82) is 0 Å². The molecule has 0 atom stereocenters. The van der Waals surface area contributed by atoms with Crippen LogP contribution in [0.15, 0.2) is 18.3 Å². The van der Waals surface area contributed by atoms with Crippen molar-refractivity contribution < 1.29 is 0 Å². The van der Waals surface area contributed by atoms with Gasteiger partial charge in [0, 0.05) is 17.8 Å². The molecule has 0 amide bonds. The van der Waals surface area contributed by atoms with Crippen LogP contribution in [0.1, 0.15) is 140 Å². The molecular weight excluding hydrogens is 338 g/mol. The van der Waals surface area contributed by atoms with E-state index in [1.165, 1.54) is 114 Å². The Balaban J connectivity index is 1.40. The summed E-state index contributed by atoms with van der Waals surface area (Å²) in [4.78, 5) is 4.95. The molecule has 0 radical (unpaired) electrons. The summed E-state index contributed by atoms with van der Waals surface area (Å²) in [5.74, 6) is 3.50. The van der Waals surface area contributed by atoms with E-state index in [0.29, 0.717) is 0 Å². The molecule has 0 aromatic carbocycles. The van der Waals surface area contributed by atoms with E-state index in [4.69, 9.17) is 4.98 Å². The standard InChI is InChI=1S/C27H45N/c1-3-5-7-8-10-23-11-15-24(16-12-23)26-19-20-27(28-21-26)25-17-13-22(14-18-25)9-6-4-2/h19-25H,3-18H2,1-2H3. The number of unbranched alkanes of at least 4 members (excludes halogenated alkanes) is 4. The average molecular weight is 384 g/mol. The van der Waals surface area contributed by atoms with E-state index in [9.17, 15) is 0 Å². The molecule has 0 aliphatic heterocycles. The van der Waals surface area contributed by atoms with E-state index in [0.717, 1.165) is 23.7 Å². The van der Waals surface area contributed by atoms with Crippen molar-refractivity contribution in [1.82, 2.24) is 4.98 Å². The van der Waals surface area contributed by atoms with Gasteiger partial charge in [0.15, 0.2) is 0 Å². The first-order chi connectivity index (χ1) is 13.8. The molecule has 2 saturated carbocycles. The Labute approximate surface area is 175 Å². The molecular formula is C27H45N. The van der Waals surface area contributed by atoms with Gasteiger partial charge in [-0.2, -0.15) is 0 Å². The summed E-state index contributed by atoms with van der Waals surface area (Å²) >= 11 is 0. The summed E-state index contributed by atoms with van der Waals surface area (Å²) < 4.78 is 0. The molecule has 1 aromatic rings. The maximum absolute atomic E-state index is 4.95. The van der Waals surface area contributed by atoms with E-state index < -0.39 is 0 Å². The normalized spacial score (nSPS) is 28.4. The fourth-order valence-electron chi connectivity index (χ4n) is 5.78. The highest BCUT2D eigenvalue weighted by molar-refractivity contribution is 5.21. The molecule has 0 bridgehead atoms. The van der Waals surface area contributed by atoms with Crippen molar-refractivity contribution >= 4 is 0 Å². The summed E-state index contributed by atoms with van der Waals surface area (Å²) in [7, 11) is 0. The molecule has 0 unspecified atom stereocenters. The number of nitrogens with zero attached hydrogens (tertiary/aromatic N) is 1. The first-order valence-corrected chi connectivity index (χ1v) is 12.8. The maximum atomic E-state index is 4.95. The lowest BCUT2D eigenvalue weighted by Crippen LogP contribution is -2.15. The van der Waals surface area contributed by atoms with Crippen molar-refractivity contribution in [2.24, 2.45) is 11.8 Å². The van der Waals surface area contributed by atoms with Gasteiger partial charge in [-0.15, -0.1) is 0 Å². The third-order valence-corrected chi connectivity index (χ3v) is 7.82. The van der Waals surface area contributed by atoms with Gasteiger partial charge in [-0.25, -0.2) is 0 Å². The van der Waals surface area contributed by atoms with Crippen molar-refractivity contribution in [3.63, 3.8) is 0 Å². The Hall–Kier alpha value is -0.850. The van der Waals surface area contributed by atoms with Crippen molar-refractivity contribution in [2.45, 2.75) is 128 Å². The third-order valence-electron chi connectivity index (χ3n) is 7.82. The molecule has 1 aromatic heterocycles. The van der Waals surface area contributed by atoms with E-state index >= 15 is 0 Å². The molecule has 2 aliphatic carbocycles. The summed E-state index contributed by atoms with van der Waals surface area (Å²) in [6.45, 7) is 4.63. The predicted octanol–water partition coefficient (Wildman–Crippen LogP) is 8.79. The molecule has 3 rings (SSSR count). The number of pyridine rings is 1. The molecule has 2 aliphatic rings. The second-order valence-corrected chi connectivity index (χ2v) is 9.94. The Morgan fingerprint density at radius 3 is 1.86 bits per heavy atom. The van der Waals surface area contributed by atoms with Crippen LogP contribution in [0.25, 0.3) is 0 Å². The number of rotatable bonds is 10. The molecule has 1 heteroatoms. The minimum absolute atomic E-state index is 0.728. The molecule has 0 saturated heterocycles. The molecule has 1 heterocycles. The largest absolute Gasteiger partial charge is 0.261 e. The van der Waals surface area contributed by atoms with Crippen LogP contribution < -0.4 is 0 Å². The van der Waals surface area contributed by atoms with Crippen LogP contribution in [0.3, 0.4) is 0 Å². The van der Waals surface area contributed by atoms with E-state index in [1.807, 2.05) is 0 Å². The molecule has 158 valence electrons. The first kappa shape index (κ1) is 21.8. The highest BCUT2D eigenvalue weighted by Crippen LogP contribution is 2.39. The van der Waals surface area contributed by atoms with Crippen molar-refractivity contribution in [3.05, 3.63) is 29.6 Å². The van der Waals surface area contributed by atoms with Crippen LogP contribution in [0.4, 0.5) is 0 Å². The number of hydrogen-bond donors (Lipinski definition) is 0. The van der Waals surface area contributed by atoms with Crippen molar-refractivity contribution in [2.75, 3.05) is 0 Å². The molecule has 1 nitrogen and oxygen atoms in total. The minimum Gasteiger partial charge on any atom is -0.261 e. The quantitative estimate of drug-likeness (QED) is 0.368. The van der Waals surface area contributed by atoms with Gasteiger partial charge in [-0.05, 0) is 80.8 Å². The topological polar surface area (TPSA) is 12.9 Å². The van der Waals surface area contributed by atoms with Gasteiger partial charge in [0.25, 0.3) is 0 Å². The summed E-state index contributed by atoms with van der Waals surface area (Å²) in [5, 5.41) is 0. The predicted molar refractivity (Wildman–Crippen MR) is 122 cm³/mol. The van der Waals surface area contributed by atoms with Gasteiger partial charge in [0.05, 0.1) is 0 Å². The third kappa shape index (κ3) is 6.60. The Kier molecular flexibility index (Phi) is 9.35. The van der Waals surface area contributed by atoms with Gasteiger partial charge in [-0.3, -0.25) is 4.98 Å². The van der Waals surface area contributed by atoms with Crippen LogP contribution >= 0.6 is 0 Å². The maximum Gasteiger partial charge on any atom is 0.0434 e. The SMILES string of the molecule is CCCCCCC1CCC(c2ccc(C3CCC(CCCC)CC3)nc2)CC1. The van der Waals surface area contributed by atoms with E-state index in [2.05, 4.69) is 32.2 Å².